The van der Waals surface area contributed by atoms with Crippen molar-refractivity contribution in [3.05, 3.63) is 28.8 Å². The molecule has 0 aliphatic heterocycles. The number of unbranched alkanes of at least 4 members (excludes halogenated alkanes) is 1. The Balaban J connectivity index is 1.49. The first-order valence-corrected chi connectivity index (χ1v) is 15.3. The summed E-state index contributed by atoms with van der Waals surface area (Å²) in [7, 11) is 0. The lowest BCUT2D eigenvalue weighted by molar-refractivity contribution is -0.119. The number of ketones is 1. The zero-order chi connectivity index (χ0) is 27.3. The van der Waals surface area contributed by atoms with Gasteiger partial charge >= 0.3 is 0 Å². The van der Waals surface area contributed by atoms with Crippen molar-refractivity contribution >= 4 is 23.2 Å². The summed E-state index contributed by atoms with van der Waals surface area (Å²) >= 11 is 1.26. The largest absolute Gasteiger partial charge is 0.397 e. The fraction of sp³-hybridized carbons (Fsp3) is 0.742. The summed E-state index contributed by atoms with van der Waals surface area (Å²) in [6.45, 7) is 14.4. The Morgan fingerprint density at radius 1 is 1.24 bits per heavy atom. The molecule has 6 heteroatoms. The van der Waals surface area contributed by atoms with Crippen LogP contribution < -0.4 is 5.73 Å². The second kappa shape index (κ2) is 13.1. The van der Waals surface area contributed by atoms with Gasteiger partial charge in [0.05, 0.1) is 11.8 Å². The van der Waals surface area contributed by atoms with Crippen LogP contribution in [-0.2, 0) is 17.6 Å². The number of Topliss-reactive ketones (excluding diaryl/α,β-unsaturated/α-hetero) is 1. The van der Waals surface area contributed by atoms with Gasteiger partial charge in [-0.2, -0.15) is 0 Å². The average molecular weight is 533 g/mol. The molecule has 0 radical (unpaired) electrons. The highest BCUT2D eigenvalue weighted by atomic mass is 32.2. The van der Waals surface area contributed by atoms with Gasteiger partial charge in [-0.05, 0) is 73.8 Å². The van der Waals surface area contributed by atoms with Gasteiger partial charge in [-0.15, -0.1) is 0 Å². The molecule has 1 heterocycles. The molecule has 2 aliphatic carbocycles. The van der Waals surface area contributed by atoms with E-state index in [2.05, 4.69) is 20.4 Å². The number of carbonyl (C=O) groups excluding carboxylic acids is 1. The maximum atomic E-state index is 15.2. The second-order valence-electron chi connectivity index (χ2n) is 12.3. The summed E-state index contributed by atoms with van der Waals surface area (Å²) < 4.78 is 15.2. The molecule has 2 aliphatic rings. The number of nitrogens with zero attached hydrogens (tertiary/aromatic N) is 1. The van der Waals surface area contributed by atoms with Crippen molar-refractivity contribution in [2.45, 2.75) is 122 Å². The number of nitrogens with two attached hydrogens (primary N) is 1. The number of halogens is 1. The van der Waals surface area contributed by atoms with Crippen LogP contribution in [0.2, 0.25) is 0 Å². The molecule has 5 unspecified atom stereocenters. The molecular weight excluding hydrogens is 483 g/mol. The minimum atomic E-state index is -1.21. The predicted octanol–water partition coefficient (Wildman–Crippen LogP) is 7.71. The Bertz CT molecular complexity index is 951. The topological polar surface area (TPSA) is 76.2 Å². The zero-order valence-corrected chi connectivity index (χ0v) is 24.5. The maximum absolute atomic E-state index is 15.2. The molecule has 0 saturated heterocycles. The summed E-state index contributed by atoms with van der Waals surface area (Å²) in [5.41, 5.74) is 7.35. The highest BCUT2D eigenvalue weighted by Gasteiger charge is 2.38. The Labute approximate surface area is 228 Å². The van der Waals surface area contributed by atoms with Crippen LogP contribution in [0.3, 0.4) is 0 Å². The Morgan fingerprint density at radius 2 is 1.95 bits per heavy atom. The highest BCUT2D eigenvalue weighted by Crippen LogP contribution is 2.40. The van der Waals surface area contributed by atoms with E-state index in [0.29, 0.717) is 46.7 Å². The average Bonchev–Trinajstić information content (AvgIpc) is 3.01. The van der Waals surface area contributed by atoms with Crippen molar-refractivity contribution in [1.82, 2.24) is 4.98 Å². The summed E-state index contributed by atoms with van der Waals surface area (Å²) in [5, 5.41) is 10.6. The fourth-order valence-electron chi connectivity index (χ4n) is 6.02. The van der Waals surface area contributed by atoms with Gasteiger partial charge in [0.15, 0.2) is 5.78 Å². The fourth-order valence-corrected chi connectivity index (χ4v) is 6.88. The van der Waals surface area contributed by atoms with Gasteiger partial charge in [-0.3, -0.25) is 4.79 Å². The molecule has 208 valence electrons. The molecule has 37 heavy (non-hydrogen) atoms. The predicted molar refractivity (Wildman–Crippen MR) is 153 cm³/mol. The van der Waals surface area contributed by atoms with Crippen LogP contribution in [0, 0.1) is 29.6 Å². The number of anilines is 1. The van der Waals surface area contributed by atoms with E-state index in [-0.39, 0.29) is 29.6 Å². The molecule has 3 rings (SSSR count). The lowest BCUT2D eigenvalue weighted by atomic mass is 9.77. The van der Waals surface area contributed by atoms with E-state index >= 15 is 4.39 Å². The van der Waals surface area contributed by atoms with E-state index < -0.39 is 5.67 Å². The summed E-state index contributed by atoms with van der Waals surface area (Å²) in [6, 6.07) is 1.85. The molecule has 6 atom stereocenters. The lowest BCUT2D eigenvalue weighted by Gasteiger charge is -2.34. The minimum Gasteiger partial charge on any atom is -0.397 e. The number of aliphatic hydroxyl groups excluding tert-OH is 1. The third-order valence-electron chi connectivity index (χ3n) is 9.36. The summed E-state index contributed by atoms with van der Waals surface area (Å²) in [4.78, 5) is 18.4. The molecule has 4 nitrogen and oxygen atoms in total. The number of aryl methyl sites for hydroxylation is 1. The van der Waals surface area contributed by atoms with Gasteiger partial charge < -0.3 is 10.8 Å². The van der Waals surface area contributed by atoms with Crippen molar-refractivity contribution in [2.24, 2.45) is 29.6 Å². The number of fused-ring (bicyclic) bond motifs is 1. The molecule has 0 bridgehead atoms. The van der Waals surface area contributed by atoms with Gasteiger partial charge in [0.1, 0.15) is 10.7 Å². The van der Waals surface area contributed by atoms with Gasteiger partial charge in [-0.1, -0.05) is 78.6 Å². The summed E-state index contributed by atoms with van der Waals surface area (Å²) in [5.74, 6) is 1.58. The quantitative estimate of drug-likeness (QED) is 0.132. The highest BCUT2D eigenvalue weighted by molar-refractivity contribution is 8.04. The van der Waals surface area contributed by atoms with Gasteiger partial charge in [0.2, 0.25) is 0 Å². The Morgan fingerprint density at radius 3 is 2.65 bits per heavy atom. The normalized spacial score (nSPS) is 27.8. The maximum Gasteiger partial charge on any atom is 0.172 e. The van der Waals surface area contributed by atoms with E-state index in [1.165, 1.54) is 24.6 Å². The first-order chi connectivity index (χ1) is 17.4. The molecular formula is C31H49FN2O2S. The smallest absolute Gasteiger partial charge is 0.172 e. The molecule has 3 N–H and O–H groups in total. The molecule has 1 aromatic heterocycles. The van der Waals surface area contributed by atoms with Crippen molar-refractivity contribution < 1.29 is 14.3 Å². The summed E-state index contributed by atoms with van der Waals surface area (Å²) in [6.07, 6.45) is 9.98. The van der Waals surface area contributed by atoms with Crippen LogP contribution in [0.25, 0.3) is 0 Å². The SMILES string of the molecule is C=C(Sc1nc2c(cc1N)C[C@](F)(C(C)C)CC2)C(=O)C(C)C(C)CCCCC1CCC(O)CCC1C. The lowest BCUT2D eigenvalue weighted by Crippen LogP contribution is -2.37. The molecule has 0 spiro atoms. The van der Waals surface area contributed by atoms with Crippen molar-refractivity contribution in [3.8, 4) is 0 Å². The van der Waals surface area contributed by atoms with E-state index in [9.17, 15) is 9.90 Å². The number of hydrogen-bond acceptors (Lipinski definition) is 5. The number of allylic oxidation sites excluding steroid dienone is 1. The number of hydrogen-bond donors (Lipinski definition) is 2. The van der Waals surface area contributed by atoms with Gasteiger partial charge in [0.25, 0.3) is 0 Å². The molecule has 0 amide bonds. The molecule has 1 aromatic rings. The van der Waals surface area contributed by atoms with E-state index in [1.54, 1.807) is 0 Å². The standard InChI is InChI=1S/C31H49FN2O2S/c1-19(2)31(32)16-15-28-25(18-31)17-27(33)30(34-28)37-23(6)29(36)22(5)20(3)9-7-8-10-24-12-14-26(35)13-11-21(24)4/h17,19-22,24,26,35H,6-16,18,33H2,1-5H3/t20?,21?,22?,24?,26?,31-/m0/s1. The van der Waals surface area contributed by atoms with E-state index in [4.69, 9.17) is 10.7 Å². The minimum absolute atomic E-state index is 0.0498. The first-order valence-electron chi connectivity index (χ1n) is 14.5. The van der Waals surface area contributed by atoms with E-state index in [0.717, 1.165) is 49.8 Å². The molecule has 0 aromatic carbocycles. The van der Waals surface area contributed by atoms with Crippen LogP contribution in [0.4, 0.5) is 10.1 Å². The van der Waals surface area contributed by atoms with Crippen LogP contribution in [0.1, 0.15) is 104 Å². The van der Waals surface area contributed by atoms with Crippen LogP contribution >= 0.6 is 11.8 Å². The van der Waals surface area contributed by atoms with Crippen LogP contribution in [-0.4, -0.2) is 27.6 Å². The zero-order valence-electron chi connectivity index (χ0n) is 23.7. The van der Waals surface area contributed by atoms with Crippen molar-refractivity contribution in [1.29, 1.82) is 0 Å². The first kappa shape index (κ1) is 30.1. The Kier molecular flexibility index (Phi) is 10.7. The molecule has 1 saturated carbocycles. The monoisotopic (exact) mass is 532 g/mol. The van der Waals surface area contributed by atoms with Crippen LogP contribution in [0.5, 0.6) is 0 Å². The number of pyridine rings is 1. The molecule has 1 fully saturated rings. The number of nitrogen functional groups attached to an aromatic ring is 1. The number of carbonyl (C=O) groups is 1. The van der Waals surface area contributed by atoms with Gasteiger partial charge in [0, 0.05) is 22.9 Å². The number of thioether (sulfide) groups is 1. The number of aromatic nitrogens is 1. The van der Waals surface area contributed by atoms with Crippen LogP contribution in [0.15, 0.2) is 22.6 Å². The number of alkyl halides is 1. The number of aliphatic hydroxyl groups is 1. The third-order valence-corrected chi connectivity index (χ3v) is 10.3. The van der Waals surface area contributed by atoms with Crippen molar-refractivity contribution in [2.75, 3.05) is 5.73 Å². The second-order valence-corrected chi connectivity index (χ2v) is 13.4. The number of rotatable bonds is 11. The Hall–Kier alpha value is -1.40. The van der Waals surface area contributed by atoms with Gasteiger partial charge in [-0.25, -0.2) is 9.37 Å². The van der Waals surface area contributed by atoms with Crippen molar-refractivity contribution in [3.63, 3.8) is 0 Å². The van der Waals surface area contributed by atoms with E-state index in [1.807, 2.05) is 26.8 Å². The third kappa shape index (κ3) is 7.81.